The normalized spacial score (nSPS) is 18.9. The van der Waals surface area contributed by atoms with E-state index in [9.17, 15) is 0 Å². The van der Waals surface area contributed by atoms with Gasteiger partial charge in [-0.05, 0) is 45.8 Å². The number of hydrogen-bond donors (Lipinski definition) is 1. The van der Waals surface area contributed by atoms with Gasteiger partial charge < -0.3 is 4.74 Å². The molecule has 0 radical (unpaired) electrons. The third-order valence-electron chi connectivity index (χ3n) is 2.96. The number of rotatable bonds is 1. The summed E-state index contributed by atoms with van der Waals surface area (Å²) in [5.41, 5.74) is -0.0161. The first kappa shape index (κ1) is 11.8. The van der Waals surface area contributed by atoms with Crippen molar-refractivity contribution in [3.05, 3.63) is 10.6 Å². The van der Waals surface area contributed by atoms with Crippen LogP contribution in [0.2, 0.25) is 0 Å². The first-order valence-electron chi connectivity index (χ1n) is 5.75. The molecule has 1 saturated heterocycles. The molecule has 0 saturated carbocycles. The van der Waals surface area contributed by atoms with Crippen LogP contribution in [0.1, 0.15) is 45.4 Å². The van der Waals surface area contributed by atoms with E-state index in [1.54, 1.807) is 0 Å². The van der Waals surface area contributed by atoms with Crippen LogP contribution >= 0.6 is 12.2 Å². The number of aromatic amines is 1. The minimum absolute atomic E-state index is 0.0161. The average molecular weight is 241 g/mol. The highest BCUT2D eigenvalue weighted by Crippen LogP contribution is 2.28. The van der Waals surface area contributed by atoms with Gasteiger partial charge in [0.1, 0.15) is 5.82 Å². The van der Waals surface area contributed by atoms with Crippen LogP contribution < -0.4 is 0 Å². The topological polar surface area (TPSA) is 42.8 Å². The van der Waals surface area contributed by atoms with Crippen LogP contribution in [0.15, 0.2) is 0 Å². The van der Waals surface area contributed by atoms with Crippen molar-refractivity contribution >= 4 is 12.2 Å². The van der Waals surface area contributed by atoms with E-state index in [0.29, 0.717) is 10.7 Å². The molecule has 0 aromatic carbocycles. The van der Waals surface area contributed by atoms with E-state index in [4.69, 9.17) is 17.0 Å². The number of aromatic nitrogens is 3. The Morgan fingerprint density at radius 3 is 2.56 bits per heavy atom. The van der Waals surface area contributed by atoms with Gasteiger partial charge in [0.25, 0.3) is 0 Å². The van der Waals surface area contributed by atoms with E-state index in [0.717, 1.165) is 31.9 Å². The van der Waals surface area contributed by atoms with Gasteiger partial charge in [-0.15, -0.1) is 0 Å². The molecule has 0 atom stereocenters. The molecule has 0 spiro atoms. The lowest BCUT2D eigenvalue weighted by Crippen LogP contribution is -2.27. The fraction of sp³-hybridized carbons (Fsp3) is 0.818. The summed E-state index contributed by atoms with van der Waals surface area (Å²) >= 11 is 5.30. The minimum atomic E-state index is -0.0161. The Bertz CT molecular complexity index is 410. The van der Waals surface area contributed by atoms with Gasteiger partial charge in [0.05, 0.1) is 0 Å². The highest BCUT2D eigenvalue weighted by Gasteiger charge is 2.26. The maximum Gasteiger partial charge on any atom is 0.195 e. The molecule has 5 heteroatoms. The molecule has 1 aromatic heterocycles. The summed E-state index contributed by atoms with van der Waals surface area (Å²) in [6.07, 6.45) is 2.07. The van der Waals surface area contributed by atoms with Crippen LogP contribution in [0.3, 0.4) is 0 Å². The lowest BCUT2D eigenvalue weighted by atomic mass is 9.98. The van der Waals surface area contributed by atoms with E-state index in [1.807, 2.05) is 0 Å². The lowest BCUT2D eigenvalue weighted by molar-refractivity contribution is 0.0817. The fourth-order valence-corrected chi connectivity index (χ4v) is 2.60. The maximum atomic E-state index is 5.38. The highest BCUT2D eigenvalue weighted by atomic mass is 32.1. The van der Waals surface area contributed by atoms with Gasteiger partial charge in [-0.3, -0.25) is 9.67 Å². The van der Waals surface area contributed by atoms with Gasteiger partial charge in [0.15, 0.2) is 4.77 Å². The highest BCUT2D eigenvalue weighted by molar-refractivity contribution is 7.71. The third-order valence-corrected chi connectivity index (χ3v) is 3.23. The van der Waals surface area contributed by atoms with Crippen LogP contribution in [-0.2, 0) is 10.3 Å². The summed E-state index contributed by atoms with van der Waals surface area (Å²) < 4.78 is 8.23. The molecule has 1 aliphatic heterocycles. The first-order valence-corrected chi connectivity index (χ1v) is 6.16. The molecule has 4 nitrogen and oxygen atoms in total. The van der Waals surface area contributed by atoms with Crippen molar-refractivity contribution in [3.63, 3.8) is 0 Å². The molecular weight excluding hydrogens is 222 g/mol. The largest absolute Gasteiger partial charge is 0.381 e. The van der Waals surface area contributed by atoms with Crippen LogP contribution in [0, 0.1) is 4.77 Å². The Balaban J connectivity index is 2.37. The standard InChI is InChI=1S/C11H19N3OS/c1-11(2,3)14-9(12-13-10(14)16)8-4-6-15-7-5-8/h8H,4-7H2,1-3H3,(H,13,16). The second-order valence-corrected chi connectivity index (χ2v) is 5.67. The summed E-state index contributed by atoms with van der Waals surface area (Å²) in [5, 5.41) is 7.31. The fourth-order valence-electron chi connectivity index (χ4n) is 2.19. The van der Waals surface area contributed by atoms with Gasteiger partial charge in [-0.25, -0.2) is 0 Å². The van der Waals surface area contributed by atoms with Gasteiger partial charge >= 0.3 is 0 Å². The monoisotopic (exact) mass is 241 g/mol. The molecule has 2 rings (SSSR count). The number of hydrogen-bond acceptors (Lipinski definition) is 3. The summed E-state index contributed by atoms with van der Waals surface area (Å²) in [6.45, 7) is 8.12. The van der Waals surface area contributed by atoms with Crippen molar-refractivity contribution in [2.45, 2.75) is 45.1 Å². The van der Waals surface area contributed by atoms with Crippen molar-refractivity contribution in [3.8, 4) is 0 Å². The Labute approximate surface area is 101 Å². The van der Waals surface area contributed by atoms with Gasteiger partial charge in [0.2, 0.25) is 0 Å². The molecule has 0 bridgehead atoms. The number of ether oxygens (including phenoxy) is 1. The summed E-state index contributed by atoms with van der Waals surface area (Å²) in [6, 6.07) is 0. The predicted octanol–water partition coefficient (Wildman–Crippen LogP) is 2.59. The molecule has 0 unspecified atom stereocenters. The predicted molar refractivity (Wildman–Crippen MR) is 65.2 cm³/mol. The lowest BCUT2D eigenvalue weighted by Gasteiger charge is -2.27. The summed E-state index contributed by atoms with van der Waals surface area (Å²) in [4.78, 5) is 0. The van der Waals surface area contributed by atoms with E-state index >= 15 is 0 Å². The molecule has 1 fully saturated rings. The Morgan fingerprint density at radius 1 is 1.38 bits per heavy atom. The molecular formula is C11H19N3OS. The molecule has 16 heavy (non-hydrogen) atoms. The number of nitrogens with zero attached hydrogens (tertiary/aromatic N) is 2. The number of nitrogens with one attached hydrogen (secondary N) is 1. The summed E-state index contributed by atoms with van der Waals surface area (Å²) in [5.74, 6) is 1.56. The Hall–Kier alpha value is -0.680. The zero-order valence-electron chi connectivity index (χ0n) is 10.1. The van der Waals surface area contributed by atoms with Crippen molar-refractivity contribution < 1.29 is 4.74 Å². The van der Waals surface area contributed by atoms with E-state index in [-0.39, 0.29) is 5.54 Å². The van der Waals surface area contributed by atoms with E-state index in [2.05, 4.69) is 35.5 Å². The molecule has 1 aliphatic rings. The molecule has 1 aromatic rings. The zero-order chi connectivity index (χ0) is 11.8. The molecule has 90 valence electrons. The molecule has 0 amide bonds. The quantitative estimate of drug-likeness (QED) is 0.768. The molecule has 1 N–H and O–H groups in total. The van der Waals surface area contributed by atoms with E-state index < -0.39 is 0 Å². The van der Waals surface area contributed by atoms with Crippen LogP contribution in [0.25, 0.3) is 0 Å². The van der Waals surface area contributed by atoms with Crippen LogP contribution in [-0.4, -0.2) is 28.0 Å². The number of H-pyrrole nitrogens is 1. The third kappa shape index (κ3) is 2.20. The second kappa shape index (κ2) is 4.30. The average Bonchev–Trinajstić information content (AvgIpc) is 2.61. The second-order valence-electron chi connectivity index (χ2n) is 5.28. The van der Waals surface area contributed by atoms with Gasteiger partial charge in [0, 0.05) is 24.7 Å². The van der Waals surface area contributed by atoms with Crippen LogP contribution in [0.4, 0.5) is 0 Å². The smallest absolute Gasteiger partial charge is 0.195 e. The zero-order valence-corrected chi connectivity index (χ0v) is 10.9. The van der Waals surface area contributed by atoms with Crippen molar-refractivity contribution in [2.75, 3.05) is 13.2 Å². The Kier molecular flexibility index (Phi) is 3.17. The van der Waals surface area contributed by atoms with E-state index in [1.165, 1.54) is 0 Å². The van der Waals surface area contributed by atoms with Crippen molar-refractivity contribution in [1.82, 2.24) is 14.8 Å². The SMILES string of the molecule is CC(C)(C)n1c(C2CCOCC2)n[nH]c1=S. The summed E-state index contributed by atoms with van der Waals surface area (Å²) in [7, 11) is 0. The van der Waals surface area contributed by atoms with Gasteiger partial charge in [-0.2, -0.15) is 5.10 Å². The van der Waals surface area contributed by atoms with Crippen molar-refractivity contribution in [2.24, 2.45) is 0 Å². The molecule has 0 aliphatic carbocycles. The maximum absolute atomic E-state index is 5.38. The van der Waals surface area contributed by atoms with Crippen LogP contribution in [0.5, 0.6) is 0 Å². The Morgan fingerprint density at radius 2 is 2.00 bits per heavy atom. The van der Waals surface area contributed by atoms with Gasteiger partial charge in [-0.1, -0.05) is 0 Å². The minimum Gasteiger partial charge on any atom is -0.381 e. The first-order chi connectivity index (χ1) is 7.50. The molecule has 2 heterocycles. The van der Waals surface area contributed by atoms with Crippen molar-refractivity contribution in [1.29, 1.82) is 0 Å².